The topological polar surface area (TPSA) is 43.1 Å². The lowest BCUT2D eigenvalue weighted by Crippen LogP contribution is -1.94. The number of rotatable bonds is 3. The molecular formula is C10H9ClNO2. The maximum absolute atomic E-state index is 10.5. The summed E-state index contributed by atoms with van der Waals surface area (Å²) in [7, 11) is 0. The summed E-state index contributed by atoms with van der Waals surface area (Å²) in [5.74, 6) is -0.234. The van der Waals surface area contributed by atoms with Crippen LogP contribution in [0.5, 0.6) is 0 Å². The maximum Gasteiger partial charge on any atom is 0.269 e. The van der Waals surface area contributed by atoms with E-state index in [4.69, 9.17) is 11.6 Å². The van der Waals surface area contributed by atoms with Crippen LogP contribution < -0.4 is 0 Å². The SMILES string of the molecule is [CH2]C(C=C)c1cc([N+](=O)[O-])ccc1Cl. The van der Waals surface area contributed by atoms with Gasteiger partial charge in [-0.05, 0) is 18.6 Å². The second-order valence-electron chi connectivity index (χ2n) is 2.81. The number of nitrogens with zero attached hydrogens (tertiary/aromatic N) is 1. The van der Waals surface area contributed by atoms with E-state index in [2.05, 4.69) is 13.5 Å². The quantitative estimate of drug-likeness (QED) is 0.436. The fourth-order valence-electron chi connectivity index (χ4n) is 1.06. The highest BCUT2D eigenvalue weighted by Crippen LogP contribution is 2.28. The Balaban J connectivity index is 3.20. The molecule has 1 aromatic carbocycles. The van der Waals surface area contributed by atoms with Crippen molar-refractivity contribution in [1.29, 1.82) is 0 Å². The molecule has 14 heavy (non-hydrogen) atoms. The Kier molecular flexibility index (Phi) is 3.25. The molecule has 0 fully saturated rings. The number of non-ortho nitro benzene ring substituents is 1. The van der Waals surface area contributed by atoms with Gasteiger partial charge in [0.1, 0.15) is 0 Å². The first kappa shape index (κ1) is 10.7. The van der Waals surface area contributed by atoms with Crippen LogP contribution in [0, 0.1) is 17.0 Å². The van der Waals surface area contributed by atoms with Gasteiger partial charge in [-0.25, -0.2) is 0 Å². The Morgan fingerprint density at radius 2 is 2.21 bits per heavy atom. The predicted molar refractivity (Wildman–Crippen MR) is 56.4 cm³/mol. The molecule has 0 saturated heterocycles. The molecule has 1 aromatic rings. The fraction of sp³-hybridized carbons (Fsp3) is 0.100. The molecular weight excluding hydrogens is 202 g/mol. The second kappa shape index (κ2) is 4.24. The van der Waals surface area contributed by atoms with Crippen molar-refractivity contribution in [3.05, 3.63) is 58.5 Å². The van der Waals surface area contributed by atoms with E-state index in [1.54, 1.807) is 6.08 Å². The van der Waals surface area contributed by atoms with Crippen LogP contribution in [0.4, 0.5) is 5.69 Å². The molecule has 0 spiro atoms. The van der Waals surface area contributed by atoms with Gasteiger partial charge in [-0.1, -0.05) is 17.7 Å². The fourth-order valence-corrected chi connectivity index (χ4v) is 1.31. The first-order valence-electron chi connectivity index (χ1n) is 3.95. The summed E-state index contributed by atoms with van der Waals surface area (Å²) in [6.45, 7) is 7.32. The van der Waals surface area contributed by atoms with Gasteiger partial charge in [0.2, 0.25) is 0 Å². The van der Waals surface area contributed by atoms with Crippen LogP contribution in [0.15, 0.2) is 30.9 Å². The number of nitro groups is 1. The van der Waals surface area contributed by atoms with Crippen LogP contribution in [0.1, 0.15) is 11.5 Å². The molecule has 0 amide bonds. The summed E-state index contributed by atoms with van der Waals surface area (Å²) in [4.78, 5) is 10.0. The van der Waals surface area contributed by atoms with Gasteiger partial charge in [-0.2, -0.15) is 0 Å². The third-order valence-corrected chi connectivity index (χ3v) is 2.22. The van der Waals surface area contributed by atoms with Gasteiger partial charge in [0.05, 0.1) is 4.92 Å². The Hall–Kier alpha value is -1.35. The molecule has 0 aromatic heterocycles. The molecule has 0 bridgehead atoms. The van der Waals surface area contributed by atoms with Crippen LogP contribution in [0.25, 0.3) is 0 Å². The van der Waals surface area contributed by atoms with Gasteiger partial charge in [0, 0.05) is 23.1 Å². The second-order valence-corrected chi connectivity index (χ2v) is 3.21. The first-order chi connectivity index (χ1) is 6.56. The molecule has 0 aliphatic carbocycles. The normalized spacial score (nSPS) is 12.1. The van der Waals surface area contributed by atoms with E-state index in [0.717, 1.165) is 0 Å². The van der Waals surface area contributed by atoms with Crippen molar-refractivity contribution in [3.8, 4) is 0 Å². The van der Waals surface area contributed by atoms with Crippen molar-refractivity contribution in [2.75, 3.05) is 0 Å². The summed E-state index contributed by atoms with van der Waals surface area (Å²) in [6, 6.07) is 4.28. The number of allylic oxidation sites excluding steroid dienone is 1. The average molecular weight is 211 g/mol. The van der Waals surface area contributed by atoms with Gasteiger partial charge in [-0.3, -0.25) is 10.1 Å². The van der Waals surface area contributed by atoms with E-state index in [0.29, 0.717) is 10.6 Å². The molecule has 0 saturated carbocycles. The maximum atomic E-state index is 10.5. The monoisotopic (exact) mass is 210 g/mol. The van der Waals surface area contributed by atoms with E-state index in [9.17, 15) is 10.1 Å². The van der Waals surface area contributed by atoms with E-state index in [1.165, 1.54) is 18.2 Å². The Labute approximate surface area is 87.2 Å². The minimum absolute atomic E-state index is 0.0138. The largest absolute Gasteiger partial charge is 0.269 e. The Morgan fingerprint density at radius 1 is 1.57 bits per heavy atom. The van der Waals surface area contributed by atoms with Gasteiger partial charge in [-0.15, -0.1) is 6.58 Å². The van der Waals surface area contributed by atoms with Crippen molar-refractivity contribution in [2.24, 2.45) is 0 Å². The summed E-state index contributed by atoms with van der Waals surface area (Å²) in [5.41, 5.74) is 0.635. The third-order valence-electron chi connectivity index (χ3n) is 1.87. The summed E-state index contributed by atoms with van der Waals surface area (Å²) >= 11 is 5.86. The summed E-state index contributed by atoms with van der Waals surface area (Å²) < 4.78 is 0. The van der Waals surface area contributed by atoms with E-state index in [-0.39, 0.29) is 11.6 Å². The standard InChI is InChI=1S/C10H9ClNO2/c1-3-7(2)9-6-8(12(13)14)4-5-10(9)11/h3-7H,1-2H2. The van der Waals surface area contributed by atoms with Crippen LogP contribution in [0.2, 0.25) is 5.02 Å². The lowest BCUT2D eigenvalue weighted by Gasteiger charge is -2.07. The van der Waals surface area contributed by atoms with Crippen molar-refractivity contribution < 1.29 is 4.92 Å². The van der Waals surface area contributed by atoms with Crippen molar-refractivity contribution in [1.82, 2.24) is 0 Å². The average Bonchev–Trinajstić information content (AvgIpc) is 2.17. The number of halogens is 1. The lowest BCUT2D eigenvalue weighted by atomic mass is 10.0. The van der Waals surface area contributed by atoms with E-state index in [1.807, 2.05) is 0 Å². The molecule has 4 heteroatoms. The molecule has 0 aliphatic rings. The zero-order valence-corrected chi connectivity index (χ0v) is 8.20. The molecule has 0 heterocycles. The predicted octanol–water partition coefficient (Wildman–Crippen LogP) is 3.35. The van der Waals surface area contributed by atoms with Gasteiger partial charge >= 0.3 is 0 Å². The Morgan fingerprint density at radius 3 is 2.71 bits per heavy atom. The number of nitro benzene ring substituents is 1. The van der Waals surface area contributed by atoms with Crippen LogP contribution in [0.3, 0.4) is 0 Å². The van der Waals surface area contributed by atoms with Crippen LogP contribution >= 0.6 is 11.6 Å². The number of benzene rings is 1. The van der Waals surface area contributed by atoms with Crippen molar-refractivity contribution in [3.63, 3.8) is 0 Å². The van der Waals surface area contributed by atoms with E-state index < -0.39 is 4.92 Å². The summed E-state index contributed by atoms with van der Waals surface area (Å²) in [5, 5.41) is 11.0. The van der Waals surface area contributed by atoms with Crippen molar-refractivity contribution >= 4 is 17.3 Å². The molecule has 0 aliphatic heterocycles. The lowest BCUT2D eigenvalue weighted by molar-refractivity contribution is -0.384. The third kappa shape index (κ3) is 2.12. The highest BCUT2D eigenvalue weighted by molar-refractivity contribution is 6.31. The Bertz CT molecular complexity index is 376. The van der Waals surface area contributed by atoms with Gasteiger partial charge in [0.15, 0.2) is 0 Å². The molecule has 73 valence electrons. The molecule has 1 unspecified atom stereocenters. The highest BCUT2D eigenvalue weighted by Gasteiger charge is 2.12. The van der Waals surface area contributed by atoms with Crippen LogP contribution in [-0.2, 0) is 0 Å². The molecule has 0 N–H and O–H groups in total. The van der Waals surface area contributed by atoms with Crippen molar-refractivity contribution in [2.45, 2.75) is 5.92 Å². The first-order valence-corrected chi connectivity index (χ1v) is 4.33. The minimum Gasteiger partial charge on any atom is -0.258 e. The van der Waals surface area contributed by atoms with Gasteiger partial charge < -0.3 is 0 Å². The highest BCUT2D eigenvalue weighted by atomic mass is 35.5. The zero-order valence-electron chi connectivity index (χ0n) is 7.44. The number of hydrogen-bond donors (Lipinski definition) is 0. The molecule has 1 atom stereocenters. The molecule has 3 nitrogen and oxygen atoms in total. The van der Waals surface area contributed by atoms with E-state index >= 15 is 0 Å². The van der Waals surface area contributed by atoms with Gasteiger partial charge in [0.25, 0.3) is 5.69 Å². The molecule has 1 rings (SSSR count). The zero-order chi connectivity index (χ0) is 10.7. The summed E-state index contributed by atoms with van der Waals surface area (Å²) in [6.07, 6.45) is 1.59. The molecule has 1 radical (unpaired) electrons. The smallest absolute Gasteiger partial charge is 0.258 e. The number of hydrogen-bond acceptors (Lipinski definition) is 2. The minimum atomic E-state index is -0.463. The van der Waals surface area contributed by atoms with Crippen LogP contribution in [-0.4, -0.2) is 4.92 Å².